The van der Waals surface area contributed by atoms with E-state index in [2.05, 4.69) is 51.8 Å². The molecule has 5 nitrogen and oxygen atoms in total. The van der Waals surface area contributed by atoms with Gasteiger partial charge in [0.05, 0.1) is 5.69 Å². The molecule has 1 fully saturated rings. The zero-order valence-electron chi connectivity index (χ0n) is 15.0. The number of aromatic nitrogens is 2. The molecule has 0 atom stereocenters. The Morgan fingerprint density at radius 3 is 2.36 bits per heavy atom. The third kappa shape index (κ3) is 3.78. The van der Waals surface area contributed by atoms with Crippen LogP contribution in [-0.4, -0.2) is 53.8 Å². The molecule has 0 N–H and O–H groups in total. The van der Waals surface area contributed by atoms with E-state index >= 15 is 0 Å². The Bertz CT molecular complexity index is 774. The van der Waals surface area contributed by atoms with E-state index in [0.29, 0.717) is 10.7 Å². The van der Waals surface area contributed by atoms with Gasteiger partial charge in [0.15, 0.2) is 11.0 Å². The van der Waals surface area contributed by atoms with Gasteiger partial charge < -0.3 is 9.80 Å². The van der Waals surface area contributed by atoms with Crippen LogP contribution in [0.3, 0.4) is 0 Å². The lowest BCUT2D eigenvalue weighted by Gasteiger charge is -2.35. The Kier molecular flexibility index (Phi) is 5.57. The molecule has 1 aliphatic heterocycles. The van der Waals surface area contributed by atoms with Gasteiger partial charge in [0.25, 0.3) is 0 Å². The molecular weight excluding hydrogens is 330 g/mol. The van der Waals surface area contributed by atoms with Gasteiger partial charge in [-0.25, -0.2) is 9.97 Å². The van der Waals surface area contributed by atoms with Gasteiger partial charge in [-0.05, 0) is 19.7 Å². The van der Waals surface area contributed by atoms with Crippen molar-refractivity contribution in [2.75, 3.05) is 43.9 Å². The van der Waals surface area contributed by atoms with Crippen molar-refractivity contribution < 1.29 is 0 Å². The molecule has 0 saturated carbocycles. The number of nitriles is 1. The molecule has 1 aliphatic rings. The average Bonchev–Trinajstić information content (AvgIpc) is 2.67. The molecule has 3 rings (SSSR count). The van der Waals surface area contributed by atoms with Crippen LogP contribution >= 0.6 is 11.8 Å². The normalized spacial score (nSPS) is 15.2. The van der Waals surface area contributed by atoms with Gasteiger partial charge in [-0.1, -0.05) is 48.5 Å². The van der Waals surface area contributed by atoms with Gasteiger partial charge in [0, 0.05) is 31.7 Å². The fourth-order valence-corrected chi connectivity index (χ4v) is 3.41. The Labute approximate surface area is 153 Å². The Hall–Kier alpha value is -2.10. The minimum atomic E-state index is 0.576. The number of anilines is 1. The molecule has 0 spiro atoms. The minimum Gasteiger partial charge on any atom is -0.353 e. The SMILES string of the molecule is CCN1CCN(c2nc(SC)nc(-c3ccc(C)cc3)c2C#N)CC1. The summed E-state index contributed by atoms with van der Waals surface area (Å²) in [5.74, 6) is 0.771. The molecule has 130 valence electrons. The van der Waals surface area contributed by atoms with Crippen LogP contribution < -0.4 is 4.90 Å². The monoisotopic (exact) mass is 353 g/mol. The van der Waals surface area contributed by atoms with E-state index in [1.54, 1.807) is 0 Å². The van der Waals surface area contributed by atoms with E-state index in [1.807, 2.05) is 18.4 Å². The summed E-state index contributed by atoms with van der Waals surface area (Å²) in [5, 5.41) is 10.5. The van der Waals surface area contributed by atoms with Crippen LogP contribution in [-0.2, 0) is 0 Å². The Morgan fingerprint density at radius 1 is 1.12 bits per heavy atom. The lowest BCUT2D eigenvalue weighted by Crippen LogP contribution is -2.46. The van der Waals surface area contributed by atoms with E-state index in [1.165, 1.54) is 17.3 Å². The zero-order valence-corrected chi connectivity index (χ0v) is 15.8. The molecule has 1 aromatic heterocycles. The second-order valence-electron chi connectivity index (χ2n) is 6.16. The van der Waals surface area contributed by atoms with Gasteiger partial charge in [-0.3, -0.25) is 0 Å². The third-order valence-corrected chi connectivity index (χ3v) is 5.16. The second kappa shape index (κ2) is 7.85. The minimum absolute atomic E-state index is 0.576. The highest BCUT2D eigenvalue weighted by molar-refractivity contribution is 7.98. The summed E-state index contributed by atoms with van der Waals surface area (Å²) in [6.45, 7) is 9.08. The van der Waals surface area contributed by atoms with Gasteiger partial charge in [-0.15, -0.1) is 0 Å². The summed E-state index contributed by atoms with van der Waals surface area (Å²) in [5.41, 5.74) is 3.46. The summed E-state index contributed by atoms with van der Waals surface area (Å²) in [7, 11) is 0. The number of benzene rings is 1. The topological polar surface area (TPSA) is 56.1 Å². The number of rotatable bonds is 4. The van der Waals surface area contributed by atoms with Crippen LogP contribution in [0.25, 0.3) is 11.3 Å². The summed E-state index contributed by atoms with van der Waals surface area (Å²) < 4.78 is 0. The zero-order chi connectivity index (χ0) is 17.8. The number of hydrogen-bond donors (Lipinski definition) is 0. The molecular formula is C19H23N5S. The molecule has 1 saturated heterocycles. The van der Waals surface area contributed by atoms with E-state index in [9.17, 15) is 5.26 Å². The van der Waals surface area contributed by atoms with E-state index in [4.69, 9.17) is 0 Å². The average molecular weight is 353 g/mol. The van der Waals surface area contributed by atoms with Gasteiger partial charge >= 0.3 is 0 Å². The first-order valence-corrected chi connectivity index (χ1v) is 9.79. The maximum absolute atomic E-state index is 9.83. The molecule has 2 aromatic rings. The van der Waals surface area contributed by atoms with Crippen molar-refractivity contribution in [3.05, 3.63) is 35.4 Å². The summed E-state index contributed by atoms with van der Waals surface area (Å²) >= 11 is 1.51. The molecule has 25 heavy (non-hydrogen) atoms. The highest BCUT2D eigenvalue weighted by atomic mass is 32.2. The number of nitrogens with zero attached hydrogens (tertiary/aromatic N) is 5. The van der Waals surface area contributed by atoms with Crippen molar-refractivity contribution in [3.8, 4) is 17.3 Å². The predicted molar refractivity (Wildman–Crippen MR) is 103 cm³/mol. The molecule has 1 aromatic carbocycles. The third-order valence-electron chi connectivity index (χ3n) is 4.61. The lowest BCUT2D eigenvalue weighted by molar-refractivity contribution is 0.270. The van der Waals surface area contributed by atoms with E-state index < -0.39 is 0 Å². The van der Waals surface area contributed by atoms with Crippen LogP contribution in [0.4, 0.5) is 5.82 Å². The molecule has 6 heteroatoms. The molecule has 0 amide bonds. The van der Waals surface area contributed by atoms with E-state index in [0.717, 1.165) is 49.8 Å². The van der Waals surface area contributed by atoms with Gasteiger partial charge in [-0.2, -0.15) is 5.26 Å². The van der Waals surface area contributed by atoms with Crippen molar-refractivity contribution in [2.45, 2.75) is 19.0 Å². The number of likely N-dealkylation sites (N-methyl/N-ethyl adjacent to an activating group) is 1. The molecule has 2 heterocycles. The summed E-state index contributed by atoms with van der Waals surface area (Å²) in [4.78, 5) is 14.0. The van der Waals surface area contributed by atoms with Crippen molar-refractivity contribution in [1.29, 1.82) is 5.26 Å². The highest BCUT2D eigenvalue weighted by Crippen LogP contribution is 2.31. The van der Waals surface area contributed by atoms with Crippen molar-refractivity contribution in [1.82, 2.24) is 14.9 Å². The van der Waals surface area contributed by atoms with Crippen LogP contribution in [0.2, 0.25) is 0 Å². The maximum Gasteiger partial charge on any atom is 0.189 e. The first kappa shape index (κ1) is 17.7. The van der Waals surface area contributed by atoms with Crippen LogP contribution in [0, 0.1) is 18.3 Å². The van der Waals surface area contributed by atoms with Crippen LogP contribution in [0.15, 0.2) is 29.4 Å². The van der Waals surface area contributed by atoms with Crippen LogP contribution in [0.1, 0.15) is 18.1 Å². The second-order valence-corrected chi connectivity index (χ2v) is 6.93. The largest absolute Gasteiger partial charge is 0.353 e. The maximum atomic E-state index is 9.83. The smallest absolute Gasteiger partial charge is 0.189 e. The fraction of sp³-hybridized carbons (Fsp3) is 0.421. The van der Waals surface area contributed by atoms with Crippen molar-refractivity contribution >= 4 is 17.6 Å². The quantitative estimate of drug-likeness (QED) is 0.621. The number of hydrogen-bond acceptors (Lipinski definition) is 6. The first-order valence-electron chi connectivity index (χ1n) is 8.56. The summed E-state index contributed by atoms with van der Waals surface area (Å²) in [6, 6.07) is 10.5. The highest BCUT2D eigenvalue weighted by Gasteiger charge is 2.23. The number of piperazine rings is 1. The molecule has 0 radical (unpaired) electrons. The van der Waals surface area contributed by atoms with Gasteiger partial charge in [0.2, 0.25) is 0 Å². The standard InChI is InChI=1S/C19H23N5S/c1-4-23-9-11-24(12-10-23)18-16(13-20)17(21-19(22-18)25-3)15-7-5-14(2)6-8-15/h5-8H,4,9-12H2,1-3H3. The van der Waals surface area contributed by atoms with Crippen LogP contribution in [0.5, 0.6) is 0 Å². The molecule has 0 aliphatic carbocycles. The number of aryl methyl sites for hydroxylation is 1. The Balaban J connectivity index is 2.05. The summed E-state index contributed by atoms with van der Waals surface area (Å²) in [6.07, 6.45) is 1.97. The number of thioether (sulfide) groups is 1. The first-order chi connectivity index (χ1) is 12.2. The lowest BCUT2D eigenvalue weighted by atomic mass is 10.0. The fourth-order valence-electron chi connectivity index (χ4n) is 3.05. The van der Waals surface area contributed by atoms with E-state index in [-0.39, 0.29) is 0 Å². The molecule has 0 bridgehead atoms. The predicted octanol–water partition coefficient (Wildman–Crippen LogP) is 3.19. The van der Waals surface area contributed by atoms with Gasteiger partial charge in [0.1, 0.15) is 11.6 Å². The Morgan fingerprint density at radius 2 is 1.80 bits per heavy atom. The van der Waals surface area contributed by atoms with Crippen molar-refractivity contribution in [2.24, 2.45) is 0 Å². The van der Waals surface area contributed by atoms with Crippen molar-refractivity contribution in [3.63, 3.8) is 0 Å². The molecule has 0 unspecified atom stereocenters.